The second kappa shape index (κ2) is 7.51. The highest BCUT2D eigenvalue weighted by Gasteiger charge is 2.22. The van der Waals surface area contributed by atoms with Gasteiger partial charge in [0.1, 0.15) is 0 Å². The van der Waals surface area contributed by atoms with E-state index >= 15 is 0 Å². The Morgan fingerprint density at radius 2 is 1.00 bits per heavy atom. The smallest absolute Gasteiger partial charge is 0.154 e. The van der Waals surface area contributed by atoms with E-state index < -0.39 is 5.56 Å². The molecular formula is C27H21ClO. The van der Waals surface area contributed by atoms with Crippen molar-refractivity contribution in [1.29, 1.82) is 0 Å². The zero-order valence-electron chi connectivity index (χ0n) is 16.0. The number of hydrogen-bond acceptors (Lipinski definition) is 1. The van der Waals surface area contributed by atoms with Crippen LogP contribution >= 0.6 is 11.6 Å². The van der Waals surface area contributed by atoms with Crippen LogP contribution in [0.4, 0.5) is 0 Å². The SMILES string of the molecule is OC(Cl)c1cccc2c1-c1ccccc1C2.c1ccc2c(c1)Cc1ccccc1-2. The summed E-state index contributed by atoms with van der Waals surface area (Å²) in [5.41, 5.74) is 10.5. The highest BCUT2D eigenvalue weighted by Crippen LogP contribution is 2.41. The Morgan fingerprint density at radius 1 is 0.552 bits per heavy atom. The molecular weight excluding hydrogens is 376 g/mol. The molecule has 1 unspecified atom stereocenters. The highest BCUT2D eigenvalue weighted by molar-refractivity contribution is 6.20. The fourth-order valence-corrected chi connectivity index (χ4v) is 4.68. The van der Waals surface area contributed by atoms with Crippen LogP contribution in [-0.2, 0) is 12.8 Å². The van der Waals surface area contributed by atoms with Gasteiger partial charge in [-0.15, -0.1) is 0 Å². The van der Waals surface area contributed by atoms with E-state index in [1.807, 2.05) is 24.3 Å². The van der Waals surface area contributed by atoms with Gasteiger partial charge in [-0.3, -0.25) is 0 Å². The Labute approximate surface area is 176 Å². The van der Waals surface area contributed by atoms with E-state index in [4.69, 9.17) is 11.6 Å². The van der Waals surface area contributed by atoms with Gasteiger partial charge in [0.2, 0.25) is 0 Å². The van der Waals surface area contributed by atoms with E-state index in [1.165, 1.54) is 38.9 Å². The van der Waals surface area contributed by atoms with Gasteiger partial charge in [0.25, 0.3) is 0 Å². The normalized spacial score (nSPS) is 13.4. The second-order valence-electron chi connectivity index (χ2n) is 7.54. The summed E-state index contributed by atoms with van der Waals surface area (Å²) in [7, 11) is 0. The van der Waals surface area contributed by atoms with Gasteiger partial charge < -0.3 is 5.11 Å². The Bertz CT molecular complexity index is 1150. The van der Waals surface area contributed by atoms with Crippen LogP contribution < -0.4 is 0 Å². The molecule has 0 saturated heterocycles. The van der Waals surface area contributed by atoms with Crippen LogP contribution in [-0.4, -0.2) is 5.11 Å². The van der Waals surface area contributed by atoms with Crippen molar-refractivity contribution >= 4 is 11.6 Å². The summed E-state index contributed by atoms with van der Waals surface area (Å²) in [5.74, 6) is 0. The number of halogens is 1. The first-order valence-corrected chi connectivity index (χ1v) is 10.3. The molecule has 1 nitrogen and oxygen atoms in total. The molecule has 0 heterocycles. The summed E-state index contributed by atoms with van der Waals surface area (Å²) in [6.45, 7) is 0. The summed E-state index contributed by atoms with van der Waals surface area (Å²) in [6.07, 6.45) is 2.04. The Balaban J connectivity index is 0.000000128. The number of aliphatic hydroxyl groups is 1. The molecule has 1 N–H and O–H groups in total. The van der Waals surface area contributed by atoms with Crippen LogP contribution in [0.3, 0.4) is 0 Å². The lowest BCUT2D eigenvalue weighted by atomic mass is 10.00. The molecule has 4 aromatic rings. The number of alkyl halides is 1. The van der Waals surface area contributed by atoms with Crippen LogP contribution in [0.1, 0.15) is 33.4 Å². The van der Waals surface area contributed by atoms with Crippen LogP contribution in [0.15, 0.2) is 91.0 Å². The van der Waals surface area contributed by atoms with Gasteiger partial charge in [-0.2, -0.15) is 0 Å². The molecule has 0 saturated carbocycles. The first-order chi connectivity index (χ1) is 14.2. The van der Waals surface area contributed by atoms with E-state index in [2.05, 4.69) is 66.7 Å². The molecule has 0 radical (unpaired) electrons. The van der Waals surface area contributed by atoms with E-state index in [9.17, 15) is 5.11 Å². The van der Waals surface area contributed by atoms with Crippen LogP contribution in [0.2, 0.25) is 0 Å². The standard InChI is InChI=1S/C14H11ClO.C13H10/c15-14(16)12-7-3-5-10-8-9-4-1-2-6-11(9)13(10)12;1-3-7-12-10(5-1)9-11-6-2-4-8-13(11)12/h1-7,14,16H,8H2;1-8H,9H2. The monoisotopic (exact) mass is 396 g/mol. The molecule has 0 fully saturated rings. The molecule has 0 amide bonds. The number of benzene rings is 4. The number of aliphatic hydroxyl groups excluding tert-OH is 1. The summed E-state index contributed by atoms with van der Waals surface area (Å²) >= 11 is 5.81. The number of hydrogen-bond donors (Lipinski definition) is 1. The zero-order chi connectivity index (χ0) is 19.8. The average Bonchev–Trinajstić information content (AvgIpc) is 3.32. The van der Waals surface area contributed by atoms with Gasteiger partial charge >= 0.3 is 0 Å². The van der Waals surface area contributed by atoms with E-state index in [-0.39, 0.29) is 0 Å². The van der Waals surface area contributed by atoms with E-state index in [0.29, 0.717) is 0 Å². The lowest BCUT2D eigenvalue weighted by molar-refractivity contribution is 0.263. The number of rotatable bonds is 1. The van der Waals surface area contributed by atoms with Crippen LogP contribution in [0, 0.1) is 0 Å². The molecule has 2 aliphatic carbocycles. The highest BCUT2D eigenvalue weighted by atomic mass is 35.5. The maximum atomic E-state index is 9.58. The van der Waals surface area contributed by atoms with Crippen molar-refractivity contribution in [2.75, 3.05) is 0 Å². The topological polar surface area (TPSA) is 20.2 Å². The first kappa shape index (κ1) is 18.2. The molecule has 2 heteroatoms. The van der Waals surface area contributed by atoms with Gasteiger partial charge in [-0.25, -0.2) is 0 Å². The van der Waals surface area contributed by atoms with Gasteiger partial charge in [-0.05, 0) is 57.3 Å². The minimum Gasteiger partial charge on any atom is -0.373 e. The molecule has 0 bridgehead atoms. The fraction of sp³-hybridized carbons (Fsp3) is 0.111. The summed E-state index contributed by atoms with van der Waals surface area (Å²) in [5, 5.41) is 9.58. The molecule has 0 spiro atoms. The maximum absolute atomic E-state index is 9.58. The minimum absolute atomic E-state index is 0.809. The van der Waals surface area contributed by atoms with Crippen molar-refractivity contribution in [3.8, 4) is 22.3 Å². The largest absolute Gasteiger partial charge is 0.373 e. The third kappa shape index (κ3) is 3.27. The van der Waals surface area contributed by atoms with Gasteiger partial charge in [0, 0.05) is 5.56 Å². The van der Waals surface area contributed by atoms with Crippen molar-refractivity contribution in [2.24, 2.45) is 0 Å². The Morgan fingerprint density at radius 3 is 1.59 bits per heavy atom. The molecule has 1 atom stereocenters. The van der Waals surface area contributed by atoms with Gasteiger partial charge in [-0.1, -0.05) is 103 Å². The van der Waals surface area contributed by atoms with Crippen molar-refractivity contribution < 1.29 is 5.11 Å². The zero-order valence-corrected chi connectivity index (χ0v) is 16.7. The average molecular weight is 397 g/mol. The second-order valence-corrected chi connectivity index (χ2v) is 7.96. The molecule has 0 aliphatic heterocycles. The molecule has 0 aromatic heterocycles. The number of fused-ring (bicyclic) bond motifs is 6. The quantitative estimate of drug-likeness (QED) is 0.305. The molecule has 142 valence electrons. The maximum Gasteiger partial charge on any atom is 0.154 e. The van der Waals surface area contributed by atoms with Gasteiger partial charge in [0.05, 0.1) is 0 Å². The van der Waals surface area contributed by atoms with Crippen molar-refractivity contribution in [1.82, 2.24) is 0 Å². The molecule has 6 rings (SSSR count). The molecule has 4 aromatic carbocycles. The molecule has 2 aliphatic rings. The minimum atomic E-state index is -0.930. The summed E-state index contributed by atoms with van der Waals surface area (Å²) < 4.78 is 0. The van der Waals surface area contributed by atoms with Crippen molar-refractivity contribution in [3.63, 3.8) is 0 Å². The van der Waals surface area contributed by atoms with Crippen molar-refractivity contribution in [2.45, 2.75) is 18.4 Å². The summed E-state index contributed by atoms with van der Waals surface area (Å²) in [4.78, 5) is 0. The van der Waals surface area contributed by atoms with E-state index in [0.717, 1.165) is 24.0 Å². The predicted octanol–water partition coefficient (Wildman–Crippen LogP) is 6.75. The Hall–Kier alpha value is -2.87. The first-order valence-electron chi connectivity index (χ1n) is 9.91. The Kier molecular flexibility index (Phi) is 4.71. The summed E-state index contributed by atoms with van der Waals surface area (Å²) in [6, 6.07) is 31.5. The lowest BCUT2D eigenvalue weighted by Gasteiger charge is -2.10. The van der Waals surface area contributed by atoms with E-state index in [1.54, 1.807) is 0 Å². The lowest BCUT2D eigenvalue weighted by Crippen LogP contribution is -1.92. The van der Waals surface area contributed by atoms with Crippen molar-refractivity contribution in [3.05, 3.63) is 119 Å². The predicted molar refractivity (Wildman–Crippen MR) is 120 cm³/mol. The van der Waals surface area contributed by atoms with Crippen LogP contribution in [0.25, 0.3) is 22.3 Å². The third-order valence-corrected chi connectivity index (χ3v) is 6.05. The third-order valence-electron chi connectivity index (χ3n) is 5.81. The van der Waals surface area contributed by atoms with Gasteiger partial charge in [0.15, 0.2) is 5.56 Å². The molecule has 29 heavy (non-hydrogen) atoms. The fourth-order valence-electron chi connectivity index (χ4n) is 4.50. The van der Waals surface area contributed by atoms with Crippen LogP contribution in [0.5, 0.6) is 0 Å².